The Balaban J connectivity index is 1.96. The van der Waals surface area contributed by atoms with Crippen molar-refractivity contribution < 1.29 is 19.4 Å². The van der Waals surface area contributed by atoms with Crippen molar-refractivity contribution in [3.63, 3.8) is 0 Å². The normalized spacial score (nSPS) is 23.2. The fourth-order valence-corrected chi connectivity index (χ4v) is 1.76. The zero-order valence-electron chi connectivity index (χ0n) is 10.00. The van der Waals surface area contributed by atoms with Gasteiger partial charge in [0.2, 0.25) is 0 Å². The maximum atomic E-state index is 11.6. The van der Waals surface area contributed by atoms with Gasteiger partial charge in [-0.3, -0.25) is 4.79 Å². The molecular formula is C13H15NO4. The zero-order chi connectivity index (χ0) is 13.1. The van der Waals surface area contributed by atoms with Crippen LogP contribution in [0.1, 0.15) is 12.5 Å². The highest BCUT2D eigenvalue weighted by molar-refractivity contribution is 5.88. The fourth-order valence-electron chi connectivity index (χ4n) is 1.76. The van der Waals surface area contributed by atoms with Crippen molar-refractivity contribution >= 4 is 11.9 Å². The summed E-state index contributed by atoms with van der Waals surface area (Å²) in [5.41, 5.74) is 0.870. The average Bonchev–Trinajstić information content (AvgIpc) is 3.07. The molecule has 0 aromatic heterocycles. The second-order valence-electron chi connectivity index (χ2n) is 4.35. The van der Waals surface area contributed by atoms with E-state index in [1.165, 1.54) is 0 Å². The lowest BCUT2D eigenvalue weighted by molar-refractivity contribution is -0.141. The SMILES string of the molecule is C[C@H]1O[C@H]1C(=O)N[C@@H](Cc1ccccc1)C(=O)O. The summed E-state index contributed by atoms with van der Waals surface area (Å²) < 4.78 is 5.00. The smallest absolute Gasteiger partial charge is 0.326 e. The Bertz CT molecular complexity index is 446. The van der Waals surface area contributed by atoms with Gasteiger partial charge in [0.05, 0.1) is 6.10 Å². The number of carbonyl (C=O) groups excluding carboxylic acids is 1. The van der Waals surface area contributed by atoms with Crippen LogP contribution in [0.5, 0.6) is 0 Å². The minimum atomic E-state index is -1.04. The lowest BCUT2D eigenvalue weighted by Crippen LogP contribution is -2.44. The number of hydrogen-bond acceptors (Lipinski definition) is 3. The fraction of sp³-hybridized carbons (Fsp3) is 0.385. The highest BCUT2D eigenvalue weighted by Gasteiger charge is 2.42. The van der Waals surface area contributed by atoms with E-state index in [9.17, 15) is 9.59 Å². The molecule has 96 valence electrons. The van der Waals surface area contributed by atoms with Gasteiger partial charge in [-0.1, -0.05) is 30.3 Å². The zero-order valence-corrected chi connectivity index (χ0v) is 10.00. The third-order valence-corrected chi connectivity index (χ3v) is 2.87. The Morgan fingerprint density at radius 1 is 1.39 bits per heavy atom. The molecule has 0 radical (unpaired) electrons. The number of amides is 1. The molecule has 5 nitrogen and oxygen atoms in total. The average molecular weight is 249 g/mol. The molecule has 18 heavy (non-hydrogen) atoms. The molecule has 1 fully saturated rings. The molecule has 1 aromatic rings. The molecule has 0 spiro atoms. The van der Waals surface area contributed by atoms with Crippen LogP contribution in [0, 0.1) is 0 Å². The van der Waals surface area contributed by atoms with Gasteiger partial charge < -0.3 is 15.2 Å². The molecule has 1 amide bonds. The van der Waals surface area contributed by atoms with Crippen LogP contribution in [-0.2, 0) is 20.7 Å². The standard InChI is InChI=1S/C13H15NO4/c1-8-11(18-8)12(15)14-10(13(16)17)7-9-5-3-2-4-6-9/h2-6,8,10-11H,7H2,1H3,(H,14,15)(H,16,17)/t8-,10+,11-/m1/s1. The molecule has 1 aliphatic heterocycles. The third-order valence-electron chi connectivity index (χ3n) is 2.87. The van der Waals surface area contributed by atoms with E-state index in [2.05, 4.69) is 5.32 Å². The first-order valence-electron chi connectivity index (χ1n) is 5.80. The molecule has 2 rings (SSSR count). The summed E-state index contributed by atoms with van der Waals surface area (Å²) in [6.07, 6.45) is -0.345. The first-order valence-corrected chi connectivity index (χ1v) is 5.80. The second-order valence-corrected chi connectivity index (χ2v) is 4.35. The highest BCUT2D eigenvalue weighted by atomic mass is 16.6. The molecular weight excluding hydrogens is 234 g/mol. The second kappa shape index (κ2) is 5.18. The number of hydrogen-bond donors (Lipinski definition) is 2. The molecule has 0 saturated carbocycles. The van der Waals surface area contributed by atoms with Gasteiger partial charge in [0.15, 0.2) is 6.10 Å². The lowest BCUT2D eigenvalue weighted by atomic mass is 10.1. The maximum Gasteiger partial charge on any atom is 0.326 e. The molecule has 0 bridgehead atoms. The van der Waals surface area contributed by atoms with Gasteiger partial charge in [0.1, 0.15) is 6.04 Å². The largest absolute Gasteiger partial charge is 0.480 e. The Hall–Kier alpha value is -1.88. The number of benzene rings is 1. The first kappa shape index (κ1) is 12.6. The number of ether oxygens (including phenoxy) is 1. The van der Waals surface area contributed by atoms with Crippen molar-refractivity contribution in [2.24, 2.45) is 0 Å². The van der Waals surface area contributed by atoms with E-state index in [1.54, 1.807) is 6.92 Å². The minimum Gasteiger partial charge on any atom is -0.480 e. The number of rotatable bonds is 5. The van der Waals surface area contributed by atoms with Crippen molar-refractivity contribution in [3.8, 4) is 0 Å². The molecule has 3 atom stereocenters. The van der Waals surface area contributed by atoms with E-state index < -0.39 is 18.1 Å². The van der Waals surface area contributed by atoms with Crippen LogP contribution in [0.2, 0.25) is 0 Å². The Morgan fingerprint density at radius 3 is 2.50 bits per heavy atom. The monoisotopic (exact) mass is 249 g/mol. The summed E-state index contributed by atoms with van der Waals surface area (Å²) in [6, 6.07) is 8.27. The molecule has 2 N–H and O–H groups in total. The van der Waals surface area contributed by atoms with E-state index >= 15 is 0 Å². The highest BCUT2D eigenvalue weighted by Crippen LogP contribution is 2.21. The predicted molar refractivity (Wildman–Crippen MR) is 64.0 cm³/mol. The predicted octanol–water partition coefficient (Wildman–Crippen LogP) is 0.586. The number of epoxide rings is 1. The molecule has 0 aliphatic carbocycles. The lowest BCUT2D eigenvalue weighted by Gasteiger charge is -2.13. The first-order chi connectivity index (χ1) is 8.58. The van der Waals surface area contributed by atoms with E-state index in [4.69, 9.17) is 9.84 Å². The van der Waals surface area contributed by atoms with Crippen LogP contribution in [-0.4, -0.2) is 35.2 Å². The van der Waals surface area contributed by atoms with Crippen molar-refractivity contribution in [1.29, 1.82) is 0 Å². The third kappa shape index (κ3) is 3.07. The van der Waals surface area contributed by atoms with Gasteiger partial charge in [-0.05, 0) is 12.5 Å². The Labute approximate surface area is 105 Å². The number of carbonyl (C=O) groups is 2. The van der Waals surface area contributed by atoms with Gasteiger partial charge >= 0.3 is 5.97 Å². The van der Waals surface area contributed by atoms with E-state index in [0.29, 0.717) is 0 Å². The summed E-state index contributed by atoms with van der Waals surface area (Å²) >= 11 is 0. The number of aliphatic carboxylic acids is 1. The van der Waals surface area contributed by atoms with E-state index in [1.807, 2.05) is 30.3 Å². The quantitative estimate of drug-likeness (QED) is 0.748. The van der Waals surface area contributed by atoms with Crippen molar-refractivity contribution in [1.82, 2.24) is 5.32 Å². The van der Waals surface area contributed by atoms with Gasteiger partial charge in [-0.2, -0.15) is 0 Å². The van der Waals surface area contributed by atoms with Gasteiger partial charge in [0.25, 0.3) is 5.91 Å². The van der Waals surface area contributed by atoms with Crippen LogP contribution in [0.15, 0.2) is 30.3 Å². The Kier molecular flexibility index (Phi) is 3.62. The van der Waals surface area contributed by atoms with Gasteiger partial charge in [0, 0.05) is 6.42 Å². The summed E-state index contributed by atoms with van der Waals surface area (Å²) in [5.74, 6) is -1.40. The molecule has 1 heterocycles. The maximum absolute atomic E-state index is 11.6. The van der Waals surface area contributed by atoms with Gasteiger partial charge in [-0.15, -0.1) is 0 Å². The number of carboxylic acid groups (broad SMARTS) is 1. The number of nitrogens with one attached hydrogen (secondary N) is 1. The molecule has 1 aromatic carbocycles. The summed E-state index contributed by atoms with van der Waals surface area (Å²) in [5, 5.41) is 11.6. The summed E-state index contributed by atoms with van der Waals surface area (Å²) in [6.45, 7) is 1.78. The van der Waals surface area contributed by atoms with Crippen LogP contribution in [0.4, 0.5) is 0 Å². The molecule has 1 aliphatic rings. The minimum absolute atomic E-state index is 0.115. The van der Waals surface area contributed by atoms with Crippen LogP contribution in [0.3, 0.4) is 0 Å². The van der Waals surface area contributed by atoms with E-state index in [-0.39, 0.29) is 18.4 Å². The Morgan fingerprint density at radius 2 is 2.00 bits per heavy atom. The van der Waals surface area contributed by atoms with Gasteiger partial charge in [-0.25, -0.2) is 4.79 Å². The van der Waals surface area contributed by atoms with Crippen LogP contribution in [0.25, 0.3) is 0 Å². The van der Waals surface area contributed by atoms with Crippen molar-refractivity contribution in [3.05, 3.63) is 35.9 Å². The van der Waals surface area contributed by atoms with Crippen molar-refractivity contribution in [2.75, 3.05) is 0 Å². The van der Waals surface area contributed by atoms with Crippen LogP contribution < -0.4 is 5.32 Å². The van der Waals surface area contributed by atoms with Crippen LogP contribution >= 0.6 is 0 Å². The topological polar surface area (TPSA) is 78.9 Å². The number of carboxylic acids is 1. The van der Waals surface area contributed by atoms with E-state index in [0.717, 1.165) is 5.56 Å². The molecule has 1 saturated heterocycles. The summed E-state index contributed by atoms with van der Waals surface area (Å²) in [7, 11) is 0. The van der Waals surface area contributed by atoms with Crippen molar-refractivity contribution in [2.45, 2.75) is 31.6 Å². The molecule has 0 unspecified atom stereocenters. The molecule has 5 heteroatoms. The summed E-state index contributed by atoms with van der Waals surface area (Å²) in [4.78, 5) is 22.7.